The summed E-state index contributed by atoms with van der Waals surface area (Å²) in [5.74, 6) is 0.674. The molecule has 1 aromatic carbocycles. The smallest absolute Gasteiger partial charge is 0.238 e. The third kappa shape index (κ3) is 4.78. The lowest BCUT2D eigenvalue weighted by molar-refractivity contribution is 0.566. The third-order valence-corrected chi connectivity index (χ3v) is 8.76. The second-order valence-electron chi connectivity index (χ2n) is 7.61. The number of nitrogens with zero attached hydrogens (tertiary/aromatic N) is 4. The van der Waals surface area contributed by atoms with Gasteiger partial charge in [-0.15, -0.1) is 21.5 Å². The monoisotopic (exact) mass is 555 g/mol. The summed E-state index contributed by atoms with van der Waals surface area (Å²) in [6, 6.07) is 10.3. The van der Waals surface area contributed by atoms with Gasteiger partial charge >= 0.3 is 0 Å². The summed E-state index contributed by atoms with van der Waals surface area (Å²) < 4.78 is 27.0. The van der Waals surface area contributed by atoms with Crippen LogP contribution in [-0.2, 0) is 15.4 Å². The van der Waals surface area contributed by atoms with Gasteiger partial charge in [0.25, 0.3) is 0 Å². The van der Waals surface area contributed by atoms with Crippen LogP contribution in [0.1, 0.15) is 26.5 Å². The quantitative estimate of drug-likeness (QED) is 0.357. The van der Waals surface area contributed by atoms with Crippen LogP contribution in [0, 0.1) is 0 Å². The van der Waals surface area contributed by atoms with Gasteiger partial charge in [0.15, 0.2) is 10.2 Å². The first kappa shape index (κ1) is 22.6. The normalized spacial score (nSPS) is 12.4. The average molecular weight is 557 g/mol. The van der Waals surface area contributed by atoms with Crippen LogP contribution in [0.2, 0.25) is 0 Å². The van der Waals surface area contributed by atoms with Crippen molar-refractivity contribution in [1.29, 1.82) is 0 Å². The lowest BCUT2D eigenvalue weighted by Gasteiger charge is -2.15. The van der Waals surface area contributed by atoms with E-state index in [-0.39, 0.29) is 10.3 Å². The van der Waals surface area contributed by atoms with Crippen LogP contribution in [0.25, 0.3) is 16.4 Å². The highest BCUT2D eigenvalue weighted by Crippen LogP contribution is 2.41. The highest BCUT2D eigenvalue weighted by molar-refractivity contribution is 9.11. The highest BCUT2D eigenvalue weighted by atomic mass is 79.9. The Kier molecular flexibility index (Phi) is 6.14. The SMILES string of the molecule is CC(C)(C)c1nc(Sc2nnc(-c3cccs3)n2-c2ccc(S(N)(=O)=O)cc2)sc1Br. The number of sulfonamides is 1. The first-order valence-electron chi connectivity index (χ1n) is 9.01. The molecular formula is C19H18BrN5O2S4. The van der Waals surface area contributed by atoms with Crippen LogP contribution in [0.15, 0.2) is 60.0 Å². The number of primary sulfonamides is 1. The molecular weight excluding hydrogens is 538 g/mol. The number of hydrogen-bond acceptors (Lipinski definition) is 8. The molecule has 0 saturated heterocycles. The molecule has 4 aromatic rings. The molecule has 0 amide bonds. The van der Waals surface area contributed by atoms with Crippen LogP contribution < -0.4 is 5.14 Å². The van der Waals surface area contributed by atoms with Crippen molar-refractivity contribution in [3.05, 3.63) is 51.3 Å². The number of hydrogen-bond donors (Lipinski definition) is 1. The molecule has 0 atom stereocenters. The molecule has 31 heavy (non-hydrogen) atoms. The topological polar surface area (TPSA) is 104 Å². The Hall–Kier alpha value is -1.57. The second kappa shape index (κ2) is 8.41. The molecule has 4 rings (SSSR count). The Bertz CT molecular complexity index is 1320. The minimum atomic E-state index is -3.77. The van der Waals surface area contributed by atoms with Crippen molar-refractivity contribution >= 4 is 60.4 Å². The first-order valence-corrected chi connectivity index (χ1v) is 13.9. The summed E-state index contributed by atoms with van der Waals surface area (Å²) >= 11 is 8.14. The first-order chi connectivity index (χ1) is 14.5. The van der Waals surface area contributed by atoms with Crippen molar-refractivity contribution in [2.45, 2.75) is 40.6 Å². The number of thiophene rings is 1. The lowest BCUT2D eigenvalue weighted by Crippen LogP contribution is -2.12. The Morgan fingerprint density at radius 3 is 2.39 bits per heavy atom. The number of thiazole rings is 1. The number of nitrogens with two attached hydrogens (primary N) is 1. The molecule has 7 nitrogen and oxygen atoms in total. The molecule has 0 bridgehead atoms. The summed E-state index contributed by atoms with van der Waals surface area (Å²) in [4.78, 5) is 5.79. The van der Waals surface area contributed by atoms with Crippen molar-refractivity contribution in [1.82, 2.24) is 19.7 Å². The Morgan fingerprint density at radius 2 is 1.84 bits per heavy atom. The van der Waals surface area contributed by atoms with E-state index in [1.807, 2.05) is 22.1 Å². The summed E-state index contributed by atoms with van der Waals surface area (Å²) in [6.07, 6.45) is 0. The molecule has 12 heteroatoms. The molecule has 0 radical (unpaired) electrons. The number of halogens is 1. The third-order valence-electron chi connectivity index (χ3n) is 4.25. The number of benzene rings is 1. The van der Waals surface area contributed by atoms with Crippen LogP contribution >= 0.6 is 50.4 Å². The van der Waals surface area contributed by atoms with E-state index in [1.165, 1.54) is 23.9 Å². The number of rotatable bonds is 5. The van der Waals surface area contributed by atoms with Gasteiger partial charge in [0.05, 0.1) is 19.3 Å². The standard InChI is InChI=1S/C19H18BrN5O2S4/c1-19(2,3)14-15(20)29-18(22-14)30-17-24-23-16(13-5-4-10-28-13)25(17)11-6-8-12(9-7-11)31(21,26)27/h4-10H,1-3H3,(H2,21,26,27). The molecule has 0 unspecified atom stereocenters. The van der Waals surface area contributed by atoms with Crippen molar-refractivity contribution in [2.24, 2.45) is 5.14 Å². The van der Waals surface area contributed by atoms with Crippen LogP contribution in [-0.4, -0.2) is 28.2 Å². The summed E-state index contributed by atoms with van der Waals surface area (Å²) in [5.41, 5.74) is 1.63. The van der Waals surface area contributed by atoms with Gasteiger partial charge in [0.2, 0.25) is 15.2 Å². The van der Waals surface area contributed by atoms with Crippen molar-refractivity contribution < 1.29 is 8.42 Å². The van der Waals surface area contributed by atoms with E-state index in [4.69, 9.17) is 10.1 Å². The lowest BCUT2D eigenvalue weighted by atomic mass is 9.93. The van der Waals surface area contributed by atoms with Crippen molar-refractivity contribution in [3.63, 3.8) is 0 Å². The van der Waals surface area contributed by atoms with E-state index >= 15 is 0 Å². The second-order valence-corrected chi connectivity index (χ2v) is 13.7. The fourth-order valence-electron chi connectivity index (χ4n) is 2.79. The zero-order valence-electron chi connectivity index (χ0n) is 16.7. The van der Waals surface area contributed by atoms with Gasteiger partial charge in [-0.1, -0.05) is 38.2 Å². The molecule has 3 aromatic heterocycles. The van der Waals surface area contributed by atoms with E-state index in [2.05, 4.69) is 46.9 Å². The summed E-state index contributed by atoms with van der Waals surface area (Å²) in [6.45, 7) is 6.35. The van der Waals surface area contributed by atoms with Crippen molar-refractivity contribution in [3.8, 4) is 16.4 Å². The zero-order valence-corrected chi connectivity index (χ0v) is 21.6. The average Bonchev–Trinajstić information content (AvgIpc) is 3.40. The number of aromatic nitrogens is 4. The maximum absolute atomic E-state index is 11.6. The summed E-state index contributed by atoms with van der Waals surface area (Å²) in [5, 5.41) is 16.7. The summed E-state index contributed by atoms with van der Waals surface area (Å²) in [7, 11) is -3.77. The fraction of sp³-hybridized carbons (Fsp3) is 0.211. The molecule has 3 heterocycles. The van der Waals surface area contributed by atoms with Gasteiger partial charge in [0, 0.05) is 11.1 Å². The van der Waals surface area contributed by atoms with Gasteiger partial charge in [-0.05, 0) is 63.4 Å². The molecule has 2 N–H and O–H groups in total. The molecule has 162 valence electrons. The minimum Gasteiger partial charge on any atom is -0.269 e. The molecule has 0 spiro atoms. The van der Waals surface area contributed by atoms with Gasteiger partial charge in [-0.2, -0.15) is 0 Å². The van der Waals surface area contributed by atoms with Gasteiger partial charge in [-0.25, -0.2) is 18.5 Å². The van der Waals surface area contributed by atoms with E-state index in [0.29, 0.717) is 11.0 Å². The zero-order chi connectivity index (χ0) is 22.4. The van der Waals surface area contributed by atoms with Crippen LogP contribution in [0.3, 0.4) is 0 Å². The van der Waals surface area contributed by atoms with Crippen LogP contribution in [0.4, 0.5) is 0 Å². The largest absolute Gasteiger partial charge is 0.269 e. The van der Waals surface area contributed by atoms with Gasteiger partial charge in [-0.3, -0.25) is 4.57 Å². The highest BCUT2D eigenvalue weighted by Gasteiger charge is 2.24. The molecule has 0 saturated carbocycles. The van der Waals surface area contributed by atoms with Gasteiger partial charge in [0.1, 0.15) is 0 Å². The van der Waals surface area contributed by atoms with Gasteiger partial charge < -0.3 is 0 Å². The van der Waals surface area contributed by atoms with E-state index in [1.54, 1.807) is 34.8 Å². The fourth-order valence-corrected chi connectivity index (χ4v) is 7.50. The van der Waals surface area contributed by atoms with Crippen LogP contribution in [0.5, 0.6) is 0 Å². The predicted molar refractivity (Wildman–Crippen MR) is 129 cm³/mol. The van der Waals surface area contributed by atoms with E-state index < -0.39 is 10.0 Å². The van der Waals surface area contributed by atoms with Crippen molar-refractivity contribution in [2.75, 3.05) is 0 Å². The minimum absolute atomic E-state index is 0.0508. The Morgan fingerprint density at radius 1 is 1.13 bits per heavy atom. The molecule has 0 fully saturated rings. The maximum atomic E-state index is 11.6. The Labute approximate surface area is 200 Å². The maximum Gasteiger partial charge on any atom is 0.238 e. The Balaban J connectivity index is 1.80. The predicted octanol–water partition coefficient (Wildman–Crippen LogP) is 5.31. The molecule has 0 aliphatic rings. The van der Waals surface area contributed by atoms with E-state index in [9.17, 15) is 8.42 Å². The molecule has 0 aliphatic carbocycles. The van der Waals surface area contributed by atoms with E-state index in [0.717, 1.165) is 24.4 Å². The molecule has 0 aliphatic heterocycles.